The second kappa shape index (κ2) is 8.39. The van der Waals surface area contributed by atoms with E-state index in [-0.39, 0.29) is 0 Å². The van der Waals surface area contributed by atoms with E-state index in [1.54, 1.807) is 19.5 Å². The summed E-state index contributed by atoms with van der Waals surface area (Å²) in [5.41, 5.74) is 2.14. The van der Waals surface area contributed by atoms with Gasteiger partial charge in [0.2, 0.25) is 5.88 Å². The van der Waals surface area contributed by atoms with Crippen LogP contribution in [0, 0.1) is 0 Å². The van der Waals surface area contributed by atoms with Crippen molar-refractivity contribution in [2.24, 2.45) is 7.05 Å². The molecule has 3 heterocycles. The van der Waals surface area contributed by atoms with Crippen molar-refractivity contribution in [3.8, 4) is 17.4 Å². The smallest absolute Gasteiger partial charge is 0.241 e. The minimum absolute atomic E-state index is 0.295. The minimum atomic E-state index is 0.295. The van der Waals surface area contributed by atoms with Crippen LogP contribution >= 0.6 is 0 Å². The van der Waals surface area contributed by atoms with Crippen molar-refractivity contribution in [2.75, 3.05) is 20.2 Å². The SMILES string of the molecule is COc1ccc(Oc2nccnc2C2CCCN(Cc3cncn3C)C2)cc1. The molecule has 1 fully saturated rings. The topological polar surface area (TPSA) is 65.3 Å². The number of aryl methyl sites for hydroxylation is 1. The lowest BCUT2D eigenvalue weighted by Crippen LogP contribution is -2.34. The number of hydrogen-bond donors (Lipinski definition) is 0. The van der Waals surface area contributed by atoms with Gasteiger partial charge < -0.3 is 14.0 Å². The number of nitrogens with zero attached hydrogens (tertiary/aromatic N) is 5. The molecule has 146 valence electrons. The van der Waals surface area contributed by atoms with E-state index < -0.39 is 0 Å². The number of likely N-dealkylation sites (tertiary alicyclic amines) is 1. The fraction of sp³-hybridized carbons (Fsp3) is 0.381. The predicted octanol–water partition coefficient (Wildman–Crippen LogP) is 3.39. The summed E-state index contributed by atoms with van der Waals surface area (Å²) in [7, 11) is 3.68. The molecule has 0 spiro atoms. The largest absolute Gasteiger partial charge is 0.497 e. The lowest BCUT2D eigenvalue weighted by atomic mass is 9.94. The molecule has 0 radical (unpaired) electrons. The predicted molar refractivity (Wildman–Crippen MR) is 106 cm³/mol. The maximum absolute atomic E-state index is 6.06. The monoisotopic (exact) mass is 379 g/mol. The molecule has 1 aromatic carbocycles. The van der Waals surface area contributed by atoms with Crippen LogP contribution in [-0.2, 0) is 13.6 Å². The van der Waals surface area contributed by atoms with E-state index in [4.69, 9.17) is 9.47 Å². The average Bonchev–Trinajstić information content (AvgIpc) is 3.14. The van der Waals surface area contributed by atoms with E-state index in [1.807, 2.05) is 43.8 Å². The van der Waals surface area contributed by atoms with Crippen molar-refractivity contribution in [2.45, 2.75) is 25.3 Å². The van der Waals surface area contributed by atoms with Crippen LogP contribution in [0.5, 0.6) is 17.4 Å². The first-order valence-corrected chi connectivity index (χ1v) is 9.53. The van der Waals surface area contributed by atoms with Crippen LogP contribution in [0.1, 0.15) is 30.1 Å². The number of methoxy groups -OCH3 is 1. The molecular formula is C21H25N5O2. The molecule has 3 aromatic rings. The average molecular weight is 379 g/mol. The van der Waals surface area contributed by atoms with Crippen molar-refractivity contribution in [3.63, 3.8) is 0 Å². The Bertz CT molecular complexity index is 909. The van der Waals surface area contributed by atoms with Gasteiger partial charge in [0.25, 0.3) is 0 Å². The quantitative estimate of drug-likeness (QED) is 0.654. The zero-order valence-corrected chi connectivity index (χ0v) is 16.3. The summed E-state index contributed by atoms with van der Waals surface area (Å²) < 4.78 is 13.3. The summed E-state index contributed by atoms with van der Waals surface area (Å²) in [6.07, 6.45) is 9.42. The van der Waals surface area contributed by atoms with Crippen LogP contribution in [-0.4, -0.2) is 44.6 Å². The number of hydrogen-bond acceptors (Lipinski definition) is 6. The fourth-order valence-corrected chi connectivity index (χ4v) is 3.64. The highest BCUT2D eigenvalue weighted by Crippen LogP contribution is 2.33. The van der Waals surface area contributed by atoms with E-state index in [0.29, 0.717) is 11.8 Å². The van der Waals surface area contributed by atoms with E-state index in [2.05, 4.69) is 24.4 Å². The van der Waals surface area contributed by atoms with Gasteiger partial charge in [-0.25, -0.2) is 9.97 Å². The first-order valence-electron chi connectivity index (χ1n) is 9.53. The van der Waals surface area contributed by atoms with Gasteiger partial charge in [0.05, 0.1) is 19.1 Å². The van der Waals surface area contributed by atoms with Crippen LogP contribution in [0.2, 0.25) is 0 Å². The van der Waals surface area contributed by atoms with Crippen LogP contribution in [0.25, 0.3) is 0 Å². The van der Waals surface area contributed by atoms with Gasteiger partial charge in [-0.15, -0.1) is 0 Å². The third-order valence-corrected chi connectivity index (χ3v) is 5.16. The number of piperidine rings is 1. The van der Waals surface area contributed by atoms with Gasteiger partial charge in [-0.3, -0.25) is 9.88 Å². The molecule has 1 atom stereocenters. The summed E-state index contributed by atoms with van der Waals surface area (Å²) >= 11 is 0. The lowest BCUT2D eigenvalue weighted by molar-refractivity contribution is 0.193. The van der Waals surface area contributed by atoms with Crippen molar-refractivity contribution in [3.05, 3.63) is 60.6 Å². The van der Waals surface area contributed by atoms with Crippen molar-refractivity contribution in [1.29, 1.82) is 0 Å². The summed E-state index contributed by atoms with van der Waals surface area (Å²) in [5.74, 6) is 2.40. The van der Waals surface area contributed by atoms with E-state index in [9.17, 15) is 0 Å². The Balaban J connectivity index is 1.49. The molecule has 28 heavy (non-hydrogen) atoms. The Kier molecular flexibility index (Phi) is 5.53. The molecule has 0 bridgehead atoms. The molecule has 0 N–H and O–H groups in total. The molecule has 2 aromatic heterocycles. The lowest BCUT2D eigenvalue weighted by Gasteiger charge is -2.32. The second-order valence-corrected chi connectivity index (χ2v) is 7.09. The molecule has 0 aliphatic carbocycles. The molecule has 7 nitrogen and oxygen atoms in total. The summed E-state index contributed by atoms with van der Waals surface area (Å²) in [5, 5.41) is 0. The van der Waals surface area contributed by atoms with Crippen LogP contribution < -0.4 is 9.47 Å². The van der Waals surface area contributed by atoms with Gasteiger partial charge in [0.15, 0.2) is 0 Å². The normalized spacial score (nSPS) is 17.4. The van der Waals surface area contributed by atoms with Gasteiger partial charge in [-0.2, -0.15) is 0 Å². The first-order chi connectivity index (χ1) is 13.7. The van der Waals surface area contributed by atoms with Gasteiger partial charge in [0, 0.05) is 44.6 Å². The number of imidazole rings is 1. The zero-order chi connectivity index (χ0) is 19.3. The van der Waals surface area contributed by atoms with Crippen molar-refractivity contribution in [1.82, 2.24) is 24.4 Å². The molecule has 1 unspecified atom stereocenters. The van der Waals surface area contributed by atoms with Gasteiger partial charge in [-0.1, -0.05) is 0 Å². The van der Waals surface area contributed by atoms with E-state index >= 15 is 0 Å². The van der Waals surface area contributed by atoms with Crippen molar-refractivity contribution < 1.29 is 9.47 Å². The highest BCUT2D eigenvalue weighted by molar-refractivity contribution is 5.35. The Morgan fingerprint density at radius 3 is 2.64 bits per heavy atom. The Labute approximate surface area is 165 Å². The van der Waals surface area contributed by atoms with E-state index in [1.165, 1.54) is 5.69 Å². The molecular weight excluding hydrogens is 354 g/mol. The summed E-state index contributed by atoms with van der Waals surface area (Å²) in [6, 6.07) is 7.52. The molecule has 0 saturated carbocycles. The highest BCUT2D eigenvalue weighted by Gasteiger charge is 2.26. The molecule has 1 aliphatic rings. The maximum atomic E-state index is 6.06. The third-order valence-electron chi connectivity index (χ3n) is 5.16. The van der Waals surface area contributed by atoms with Crippen LogP contribution in [0.15, 0.2) is 49.2 Å². The number of benzene rings is 1. The molecule has 4 rings (SSSR count). The van der Waals surface area contributed by atoms with Crippen LogP contribution in [0.3, 0.4) is 0 Å². The molecule has 1 aliphatic heterocycles. The standard InChI is InChI=1S/C21H25N5O2/c1-25-15-22-12-17(25)14-26-11-3-4-16(13-26)20-21(24-10-9-23-20)28-19-7-5-18(27-2)6-8-19/h5-10,12,15-16H,3-4,11,13-14H2,1-2H3. The Hall–Kier alpha value is -2.93. The number of aromatic nitrogens is 4. The summed E-state index contributed by atoms with van der Waals surface area (Å²) in [4.78, 5) is 15.8. The minimum Gasteiger partial charge on any atom is -0.497 e. The molecule has 7 heteroatoms. The maximum Gasteiger partial charge on any atom is 0.241 e. The highest BCUT2D eigenvalue weighted by atomic mass is 16.5. The second-order valence-electron chi connectivity index (χ2n) is 7.09. The number of ether oxygens (including phenoxy) is 2. The Morgan fingerprint density at radius 2 is 1.89 bits per heavy atom. The molecule has 0 amide bonds. The fourth-order valence-electron chi connectivity index (χ4n) is 3.64. The third kappa shape index (κ3) is 4.14. The Morgan fingerprint density at radius 1 is 1.11 bits per heavy atom. The van der Waals surface area contributed by atoms with Crippen molar-refractivity contribution >= 4 is 0 Å². The van der Waals surface area contributed by atoms with Gasteiger partial charge in [0.1, 0.15) is 17.2 Å². The number of rotatable bonds is 6. The van der Waals surface area contributed by atoms with Gasteiger partial charge in [-0.05, 0) is 43.7 Å². The molecule has 1 saturated heterocycles. The van der Waals surface area contributed by atoms with Gasteiger partial charge >= 0.3 is 0 Å². The van der Waals surface area contributed by atoms with E-state index in [0.717, 1.165) is 49.7 Å². The van der Waals surface area contributed by atoms with Crippen LogP contribution in [0.4, 0.5) is 0 Å². The first kappa shape index (κ1) is 18.4. The zero-order valence-electron chi connectivity index (χ0n) is 16.3. The summed E-state index contributed by atoms with van der Waals surface area (Å²) in [6.45, 7) is 2.90.